The highest BCUT2D eigenvalue weighted by atomic mass is 32.1. The smallest absolute Gasteiger partial charge is 0.0897 e. The standard InChI is InChI=1S/C14H18N2S/c1-3-11-4-6-12(7-5-11)8-13(15)14-9-16-10(2)17-14/h4-7,9,13H,3,8,15H2,1-2H3. The van der Waals surface area contributed by atoms with Gasteiger partial charge in [0.1, 0.15) is 0 Å². The molecule has 1 atom stereocenters. The zero-order valence-electron chi connectivity index (χ0n) is 10.3. The fraction of sp³-hybridized carbons (Fsp3) is 0.357. The fourth-order valence-electron chi connectivity index (χ4n) is 1.81. The highest BCUT2D eigenvalue weighted by Gasteiger charge is 2.09. The van der Waals surface area contributed by atoms with E-state index in [1.54, 1.807) is 11.3 Å². The van der Waals surface area contributed by atoms with Crippen LogP contribution in [0.5, 0.6) is 0 Å². The van der Waals surface area contributed by atoms with Crippen molar-refractivity contribution in [3.63, 3.8) is 0 Å². The molecule has 0 aliphatic carbocycles. The number of hydrogen-bond donors (Lipinski definition) is 1. The normalized spacial score (nSPS) is 12.6. The molecule has 17 heavy (non-hydrogen) atoms. The molecule has 2 aromatic rings. The van der Waals surface area contributed by atoms with Gasteiger partial charge in [0.05, 0.1) is 5.01 Å². The highest BCUT2D eigenvalue weighted by molar-refractivity contribution is 7.11. The van der Waals surface area contributed by atoms with Gasteiger partial charge in [-0.15, -0.1) is 11.3 Å². The van der Waals surface area contributed by atoms with E-state index < -0.39 is 0 Å². The van der Waals surface area contributed by atoms with Crippen LogP contribution in [-0.2, 0) is 12.8 Å². The van der Waals surface area contributed by atoms with Gasteiger partial charge in [0, 0.05) is 17.1 Å². The molecule has 3 heteroatoms. The van der Waals surface area contributed by atoms with Crippen molar-refractivity contribution in [1.29, 1.82) is 0 Å². The van der Waals surface area contributed by atoms with E-state index in [4.69, 9.17) is 5.73 Å². The van der Waals surface area contributed by atoms with Crippen LogP contribution in [0.25, 0.3) is 0 Å². The second-order valence-corrected chi connectivity index (χ2v) is 5.53. The van der Waals surface area contributed by atoms with Crippen molar-refractivity contribution in [1.82, 2.24) is 4.98 Å². The zero-order chi connectivity index (χ0) is 12.3. The average Bonchev–Trinajstić information content (AvgIpc) is 2.77. The molecule has 2 nitrogen and oxygen atoms in total. The van der Waals surface area contributed by atoms with E-state index >= 15 is 0 Å². The number of nitrogens with two attached hydrogens (primary N) is 1. The number of aromatic nitrogens is 1. The molecule has 90 valence electrons. The molecule has 0 amide bonds. The van der Waals surface area contributed by atoms with E-state index in [9.17, 15) is 0 Å². The molecule has 1 heterocycles. The summed E-state index contributed by atoms with van der Waals surface area (Å²) >= 11 is 1.69. The monoisotopic (exact) mass is 246 g/mol. The van der Waals surface area contributed by atoms with Crippen molar-refractivity contribution in [2.45, 2.75) is 32.7 Å². The van der Waals surface area contributed by atoms with Gasteiger partial charge in [0.25, 0.3) is 0 Å². The van der Waals surface area contributed by atoms with Crippen molar-refractivity contribution in [2.24, 2.45) is 5.73 Å². The van der Waals surface area contributed by atoms with Crippen molar-refractivity contribution in [3.8, 4) is 0 Å². The van der Waals surface area contributed by atoms with E-state index in [2.05, 4.69) is 36.2 Å². The molecular weight excluding hydrogens is 228 g/mol. The number of benzene rings is 1. The van der Waals surface area contributed by atoms with E-state index in [1.807, 2.05) is 13.1 Å². The molecule has 0 saturated heterocycles. The molecule has 0 aliphatic heterocycles. The summed E-state index contributed by atoms with van der Waals surface area (Å²) < 4.78 is 0. The molecular formula is C14H18N2S. The van der Waals surface area contributed by atoms with Gasteiger partial charge in [-0.2, -0.15) is 0 Å². The Morgan fingerprint density at radius 2 is 1.88 bits per heavy atom. The Bertz CT molecular complexity index is 473. The first kappa shape index (κ1) is 12.3. The summed E-state index contributed by atoms with van der Waals surface area (Å²) in [6.07, 6.45) is 3.86. The molecule has 0 spiro atoms. The average molecular weight is 246 g/mol. The first-order chi connectivity index (χ1) is 8.19. The summed E-state index contributed by atoms with van der Waals surface area (Å²) in [5.41, 5.74) is 8.84. The maximum atomic E-state index is 6.18. The van der Waals surface area contributed by atoms with E-state index in [0.717, 1.165) is 17.8 Å². The molecule has 0 saturated carbocycles. The fourth-order valence-corrected chi connectivity index (χ4v) is 2.60. The molecule has 1 unspecified atom stereocenters. The molecule has 0 radical (unpaired) electrons. The number of thiazole rings is 1. The van der Waals surface area contributed by atoms with Gasteiger partial charge in [0.15, 0.2) is 0 Å². The molecule has 0 fully saturated rings. The quantitative estimate of drug-likeness (QED) is 0.899. The van der Waals surface area contributed by atoms with Gasteiger partial charge in [-0.1, -0.05) is 31.2 Å². The van der Waals surface area contributed by atoms with Crippen molar-refractivity contribution < 1.29 is 0 Å². The third-order valence-electron chi connectivity index (χ3n) is 2.89. The first-order valence-corrected chi connectivity index (χ1v) is 6.76. The number of aryl methyl sites for hydroxylation is 2. The summed E-state index contributed by atoms with van der Waals surface area (Å²) in [4.78, 5) is 5.41. The van der Waals surface area contributed by atoms with Crippen LogP contribution in [0.3, 0.4) is 0 Å². The van der Waals surface area contributed by atoms with Crippen molar-refractivity contribution >= 4 is 11.3 Å². The lowest BCUT2D eigenvalue weighted by atomic mass is 10.0. The first-order valence-electron chi connectivity index (χ1n) is 5.94. The Kier molecular flexibility index (Phi) is 3.92. The SMILES string of the molecule is CCc1ccc(CC(N)c2cnc(C)s2)cc1. The summed E-state index contributed by atoms with van der Waals surface area (Å²) in [5, 5.41) is 1.08. The molecule has 1 aromatic carbocycles. The minimum Gasteiger partial charge on any atom is -0.323 e. The van der Waals surface area contributed by atoms with Crippen LogP contribution in [0.4, 0.5) is 0 Å². The Morgan fingerprint density at radius 1 is 1.24 bits per heavy atom. The van der Waals surface area contributed by atoms with E-state index in [-0.39, 0.29) is 6.04 Å². The van der Waals surface area contributed by atoms with Crippen LogP contribution in [0.15, 0.2) is 30.5 Å². The van der Waals surface area contributed by atoms with Crippen LogP contribution < -0.4 is 5.73 Å². The Labute approximate surface area is 107 Å². The number of nitrogens with zero attached hydrogens (tertiary/aromatic N) is 1. The minimum absolute atomic E-state index is 0.0636. The van der Waals surface area contributed by atoms with Crippen LogP contribution in [0.2, 0.25) is 0 Å². The van der Waals surface area contributed by atoms with Gasteiger partial charge < -0.3 is 5.73 Å². The molecule has 1 aromatic heterocycles. The summed E-state index contributed by atoms with van der Waals surface area (Å²) in [7, 11) is 0. The summed E-state index contributed by atoms with van der Waals surface area (Å²) in [6.45, 7) is 4.18. The topological polar surface area (TPSA) is 38.9 Å². The Hall–Kier alpha value is -1.19. The molecule has 2 rings (SSSR count). The van der Waals surface area contributed by atoms with E-state index in [1.165, 1.54) is 16.0 Å². The predicted molar refractivity (Wildman–Crippen MR) is 73.3 cm³/mol. The van der Waals surface area contributed by atoms with Gasteiger partial charge in [-0.05, 0) is 30.9 Å². The lowest BCUT2D eigenvalue weighted by molar-refractivity contribution is 0.734. The van der Waals surface area contributed by atoms with Crippen molar-refractivity contribution in [3.05, 3.63) is 51.5 Å². The van der Waals surface area contributed by atoms with Gasteiger partial charge in [-0.3, -0.25) is 0 Å². The lowest BCUT2D eigenvalue weighted by Crippen LogP contribution is -2.11. The van der Waals surface area contributed by atoms with E-state index in [0.29, 0.717) is 0 Å². The van der Waals surface area contributed by atoms with Crippen LogP contribution in [0, 0.1) is 6.92 Å². The Balaban J connectivity index is 2.04. The second-order valence-electron chi connectivity index (χ2n) is 4.26. The molecule has 2 N–H and O–H groups in total. The largest absolute Gasteiger partial charge is 0.323 e. The maximum absolute atomic E-state index is 6.18. The van der Waals surface area contributed by atoms with Crippen LogP contribution in [0.1, 0.15) is 34.0 Å². The molecule has 0 bridgehead atoms. The predicted octanol–water partition coefficient (Wildman–Crippen LogP) is 3.26. The Morgan fingerprint density at radius 3 is 2.41 bits per heavy atom. The highest BCUT2D eigenvalue weighted by Crippen LogP contribution is 2.22. The number of rotatable bonds is 4. The van der Waals surface area contributed by atoms with Crippen LogP contribution in [-0.4, -0.2) is 4.98 Å². The summed E-state index contributed by atoms with van der Waals surface area (Å²) in [6, 6.07) is 8.77. The summed E-state index contributed by atoms with van der Waals surface area (Å²) in [5.74, 6) is 0. The minimum atomic E-state index is 0.0636. The van der Waals surface area contributed by atoms with Gasteiger partial charge in [-0.25, -0.2) is 4.98 Å². The third kappa shape index (κ3) is 3.14. The lowest BCUT2D eigenvalue weighted by Gasteiger charge is -2.09. The van der Waals surface area contributed by atoms with Gasteiger partial charge in [0.2, 0.25) is 0 Å². The van der Waals surface area contributed by atoms with Crippen molar-refractivity contribution in [2.75, 3.05) is 0 Å². The third-order valence-corrected chi connectivity index (χ3v) is 3.94. The number of hydrogen-bond acceptors (Lipinski definition) is 3. The second kappa shape index (κ2) is 5.43. The van der Waals surface area contributed by atoms with Gasteiger partial charge >= 0.3 is 0 Å². The van der Waals surface area contributed by atoms with Crippen LogP contribution >= 0.6 is 11.3 Å². The zero-order valence-corrected chi connectivity index (χ0v) is 11.1. The maximum Gasteiger partial charge on any atom is 0.0897 e. The molecule has 0 aliphatic rings.